The molecular formula is C15H30N2. The zero-order valence-electron chi connectivity index (χ0n) is 11.8. The molecule has 0 spiro atoms. The molecule has 1 saturated heterocycles. The van der Waals surface area contributed by atoms with Gasteiger partial charge < -0.3 is 5.32 Å². The molecule has 100 valence electrons. The van der Waals surface area contributed by atoms with Crippen LogP contribution in [-0.4, -0.2) is 36.1 Å². The van der Waals surface area contributed by atoms with E-state index in [1.165, 1.54) is 57.9 Å². The summed E-state index contributed by atoms with van der Waals surface area (Å²) < 4.78 is 0. The van der Waals surface area contributed by atoms with E-state index < -0.39 is 0 Å². The summed E-state index contributed by atoms with van der Waals surface area (Å²) in [6, 6.07) is 2.55. The minimum atomic E-state index is 0.790. The molecule has 0 aromatic rings. The van der Waals surface area contributed by atoms with Crippen LogP contribution in [0.3, 0.4) is 0 Å². The lowest BCUT2D eigenvalue weighted by Gasteiger charge is -2.44. The van der Waals surface area contributed by atoms with Crippen LogP contribution in [-0.2, 0) is 0 Å². The van der Waals surface area contributed by atoms with Gasteiger partial charge in [0, 0.05) is 18.1 Å². The van der Waals surface area contributed by atoms with Crippen molar-refractivity contribution in [1.29, 1.82) is 0 Å². The van der Waals surface area contributed by atoms with Crippen LogP contribution in [0.25, 0.3) is 0 Å². The Morgan fingerprint density at radius 1 is 1.06 bits per heavy atom. The Hall–Kier alpha value is -0.0800. The molecule has 0 aromatic heterocycles. The summed E-state index contributed by atoms with van der Waals surface area (Å²) in [6.07, 6.45) is 11.3. The first kappa shape index (κ1) is 13.4. The zero-order chi connectivity index (χ0) is 12.1. The molecular weight excluding hydrogens is 208 g/mol. The van der Waals surface area contributed by atoms with Crippen molar-refractivity contribution in [2.24, 2.45) is 0 Å². The highest BCUT2D eigenvalue weighted by molar-refractivity contribution is 4.88. The summed E-state index contributed by atoms with van der Waals surface area (Å²) in [5.74, 6) is 0. The lowest BCUT2D eigenvalue weighted by atomic mass is 9.87. The molecule has 1 aliphatic carbocycles. The molecule has 0 aromatic carbocycles. The van der Waals surface area contributed by atoms with E-state index in [0.29, 0.717) is 0 Å². The van der Waals surface area contributed by atoms with Crippen molar-refractivity contribution in [1.82, 2.24) is 10.2 Å². The Morgan fingerprint density at radius 3 is 2.71 bits per heavy atom. The lowest BCUT2D eigenvalue weighted by molar-refractivity contribution is 0.0624. The molecule has 1 heterocycles. The smallest absolute Gasteiger partial charge is 0.0113 e. The van der Waals surface area contributed by atoms with Gasteiger partial charge in [0.1, 0.15) is 0 Å². The first-order chi connectivity index (χ1) is 8.35. The second-order valence-electron chi connectivity index (χ2n) is 5.87. The molecule has 3 unspecified atom stereocenters. The largest absolute Gasteiger partial charge is 0.314 e. The van der Waals surface area contributed by atoms with Gasteiger partial charge in [0.05, 0.1) is 0 Å². The van der Waals surface area contributed by atoms with Crippen molar-refractivity contribution in [3.05, 3.63) is 0 Å². The third-order valence-corrected chi connectivity index (χ3v) is 4.75. The van der Waals surface area contributed by atoms with Crippen LogP contribution >= 0.6 is 0 Å². The van der Waals surface area contributed by atoms with Crippen molar-refractivity contribution in [2.45, 2.75) is 83.3 Å². The molecule has 2 fully saturated rings. The van der Waals surface area contributed by atoms with Crippen molar-refractivity contribution in [2.75, 3.05) is 13.1 Å². The van der Waals surface area contributed by atoms with Crippen LogP contribution in [0.4, 0.5) is 0 Å². The Bertz CT molecular complexity index is 215. The summed E-state index contributed by atoms with van der Waals surface area (Å²) in [4.78, 5) is 2.85. The summed E-state index contributed by atoms with van der Waals surface area (Å²) in [6.45, 7) is 7.10. The molecule has 2 aliphatic rings. The monoisotopic (exact) mass is 238 g/mol. The maximum absolute atomic E-state index is 3.66. The Labute approximate surface area is 107 Å². The second-order valence-corrected chi connectivity index (χ2v) is 5.87. The first-order valence-corrected chi connectivity index (χ1v) is 7.84. The summed E-state index contributed by atoms with van der Waals surface area (Å²) in [7, 11) is 0. The lowest BCUT2D eigenvalue weighted by Crippen LogP contribution is -2.50. The fourth-order valence-corrected chi connectivity index (χ4v) is 3.88. The highest BCUT2D eigenvalue weighted by Gasteiger charge is 2.31. The topological polar surface area (TPSA) is 15.3 Å². The summed E-state index contributed by atoms with van der Waals surface area (Å²) in [5, 5.41) is 3.66. The van der Waals surface area contributed by atoms with Gasteiger partial charge in [0.15, 0.2) is 0 Å². The quantitative estimate of drug-likeness (QED) is 0.809. The van der Waals surface area contributed by atoms with Crippen LogP contribution in [0.1, 0.15) is 65.2 Å². The predicted molar refractivity (Wildman–Crippen MR) is 74.4 cm³/mol. The molecule has 2 rings (SSSR count). The van der Waals surface area contributed by atoms with Crippen molar-refractivity contribution in [3.63, 3.8) is 0 Å². The minimum absolute atomic E-state index is 0.790. The van der Waals surface area contributed by atoms with Crippen LogP contribution in [0, 0.1) is 0 Å². The molecule has 17 heavy (non-hydrogen) atoms. The van der Waals surface area contributed by atoms with Crippen LogP contribution < -0.4 is 5.32 Å². The molecule has 1 N–H and O–H groups in total. The molecule has 0 radical (unpaired) electrons. The van der Waals surface area contributed by atoms with E-state index in [1.807, 2.05) is 0 Å². The molecule has 0 amide bonds. The SMILES string of the molecule is CCNC1CCCC(N2CCCCC2CC)C1. The normalized spacial score (nSPS) is 36.0. The van der Waals surface area contributed by atoms with E-state index in [9.17, 15) is 0 Å². The number of rotatable bonds is 4. The fourth-order valence-electron chi connectivity index (χ4n) is 3.88. The van der Waals surface area contributed by atoms with Gasteiger partial charge in [-0.2, -0.15) is 0 Å². The first-order valence-electron chi connectivity index (χ1n) is 7.84. The van der Waals surface area contributed by atoms with Gasteiger partial charge in [0.25, 0.3) is 0 Å². The molecule has 0 bridgehead atoms. The van der Waals surface area contributed by atoms with Gasteiger partial charge in [-0.1, -0.05) is 26.7 Å². The highest BCUT2D eigenvalue weighted by atomic mass is 15.2. The number of hydrogen-bond donors (Lipinski definition) is 1. The van der Waals surface area contributed by atoms with Crippen LogP contribution in [0.5, 0.6) is 0 Å². The highest BCUT2D eigenvalue weighted by Crippen LogP contribution is 2.29. The number of nitrogens with zero attached hydrogens (tertiary/aromatic N) is 1. The van der Waals surface area contributed by atoms with Crippen molar-refractivity contribution < 1.29 is 0 Å². The molecule has 1 aliphatic heterocycles. The average Bonchev–Trinajstić information content (AvgIpc) is 2.39. The standard InChI is InChI=1S/C15H30N2/c1-3-14-9-5-6-11-17(14)15-10-7-8-13(12-15)16-4-2/h13-16H,3-12H2,1-2H3. The predicted octanol–water partition coefficient (Wildman–Crippen LogP) is 3.17. The number of piperidine rings is 1. The van der Waals surface area contributed by atoms with Gasteiger partial charge in [-0.3, -0.25) is 4.90 Å². The van der Waals surface area contributed by atoms with Gasteiger partial charge in [0.2, 0.25) is 0 Å². The van der Waals surface area contributed by atoms with Gasteiger partial charge in [-0.15, -0.1) is 0 Å². The van der Waals surface area contributed by atoms with E-state index in [4.69, 9.17) is 0 Å². The van der Waals surface area contributed by atoms with Crippen molar-refractivity contribution in [3.8, 4) is 0 Å². The number of hydrogen-bond acceptors (Lipinski definition) is 2. The fraction of sp³-hybridized carbons (Fsp3) is 1.00. The molecule has 1 saturated carbocycles. The third-order valence-electron chi connectivity index (χ3n) is 4.75. The maximum atomic E-state index is 3.66. The Morgan fingerprint density at radius 2 is 1.94 bits per heavy atom. The van der Waals surface area contributed by atoms with Gasteiger partial charge in [-0.05, 0) is 51.6 Å². The molecule has 2 heteroatoms. The van der Waals surface area contributed by atoms with E-state index in [0.717, 1.165) is 24.7 Å². The van der Waals surface area contributed by atoms with E-state index in [1.54, 1.807) is 0 Å². The summed E-state index contributed by atoms with van der Waals surface area (Å²) in [5.41, 5.74) is 0. The Kier molecular flexibility index (Phi) is 5.30. The molecule has 2 nitrogen and oxygen atoms in total. The Balaban J connectivity index is 1.90. The zero-order valence-corrected chi connectivity index (χ0v) is 11.8. The molecule has 3 atom stereocenters. The van der Waals surface area contributed by atoms with Crippen LogP contribution in [0.2, 0.25) is 0 Å². The second kappa shape index (κ2) is 6.75. The van der Waals surface area contributed by atoms with Crippen LogP contribution in [0.15, 0.2) is 0 Å². The van der Waals surface area contributed by atoms with Gasteiger partial charge in [-0.25, -0.2) is 0 Å². The van der Waals surface area contributed by atoms with E-state index in [2.05, 4.69) is 24.1 Å². The number of likely N-dealkylation sites (tertiary alicyclic amines) is 1. The third kappa shape index (κ3) is 3.45. The van der Waals surface area contributed by atoms with Crippen molar-refractivity contribution >= 4 is 0 Å². The van der Waals surface area contributed by atoms with E-state index in [-0.39, 0.29) is 0 Å². The minimum Gasteiger partial charge on any atom is -0.314 e. The van der Waals surface area contributed by atoms with E-state index >= 15 is 0 Å². The average molecular weight is 238 g/mol. The maximum Gasteiger partial charge on any atom is 0.0113 e. The summed E-state index contributed by atoms with van der Waals surface area (Å²) >= 11 is 0. The number of nitrogens with one attached hydrogen (secondary N) is 1. The van der Waals surface area contributed by atoms with Gasteiger partial charge >= 0.3 is 0 Å².